The molecule has 1 nitrogen and oxygen atoms in total. The first-order valence-electron chi connectivity index (χ1n) is 2.06. The summed E-state index contributed by atoms with van der Waals surface area (Å²) >= 11 is -0.306. The van der Waals surface area contributed by atoms with E-state index in [-0.39, 0.29) is 18.2 Å². The Balaban J connectivity index is 2.45. The molecule has 0 fully saturated rings. The Bertz CT molecular complexity index is 34.1. The third-order valence-corrected chi connectivity index (χ3v) is 2.52. The van der Waals surface area contributed by atoms with Gasteiger partial charge >= 0.3 is 60.8 Å². The van der Waals surface area contributed by atoms with E-state index in [1.165, 1.54) is 8.56 Å². The molecule has 0 atom stereocenters. The van der Waals surface area contributed by atoms with Gasteiger partial charge in [0, 0.05) is 0 Å². The van der Waals surface area contributed by atoms with Gasteiger partial charge in [-0.1, -0.05) is 0 Å². The molecule has 0 aliphatic rings. The van der Waals surface area contributed by atoms with Gasteiger partial charge in [-0.2, -0.15) is 0 Å². The predicted molar refractivity (Wildman–Crippen MR) is 29.7 cm³/mol. The Kier molecular flexibility index (Phi) is 8.69. The van der Waals surface area contributed by atoms with Crippen LogP contribution in [-0.2, 0) is 21.6 Å². The number of hydrogen-bond acceptors (Lipinski definition) is 2. The normalized spacial score (nSPS) is 8.86. The van der Waals surface area contributed by atoms with E-state index in [0.717, 1.165) is 13.0 Å². The molecule has 0 saturated carbocycles. The summed E-state index contributed by atoms with van der Waals surface area (Å²) in [5, 5.41) is 0. The first-order chi connectivity index (χ1) is 3.41. The predicted octanol–water partition coefficient (Wildman–Crippen LogP) is 2.21. The molecular weight excluding hydrogens is 167 g/mol. The van der Waals surface area contributed by atoms with Crippen molar-refractivity contribution in [1.29, 1.82) is 0 Å². The van der Waals surface area contributed by atoms with Gasteiger partial charge in [0.1, 0.15) is 0 Å². The van der Waals surface area contributed by atoms with Crippen LogP contribution in [-0.4, -0.2) is 6.61 Å². The SMILES string of the molecule is CCC[O][Ti][S]Cl. The maximum absolute atomic E-state index is 5.28. The van der Waals surface area contributed by atoms with Crippen molar-refractivity contribution in [2.75, 3.05) is 6.61 Å². The van der Waals surface area contributed by atoms with E-state index in [1.54, 1.807) is 0 Å². The molecule has 0 aromatic rings. The first-order valence-corrected chi connectivity index (χ1v) is 6.25. The first kappa shape index (κ1) is 8.31. The van der Waals surface area contributed by atoms with Crippen molar-refractivity contribution >= 4 is 19.2 Å². The van der Waals surface area contributed by atoms with Crippen LogP contribution in [0, 0.1) is 0 Å². The average molecular weight is 174 g/mol. The molecule has 0 N–H and O–H groups in total. The molecule has 0 bridgehead atoms. The van der Waals surface area contributed by atoms with Crippen molar-refractivity contribution in [3.8, 4) is 0 Å². The van der Waals surface area contributed by atoms with Crippen molar-refractivity contribution in [3.63, 3.8) is 0 Å². The van der Waals surface area contributed by atoms with Crippen molar-refractivity contribution in [1.82, 2.24) is 0 Å². The third kappa shape index (κ3) is 7.31. The number of halogens is 1. The fraction of sp³-hybridized carbons (Fsp3) is 1.00. The number of hydrogen-bond donors (Lipinski definition) is 0. The van der Waals surface area contributed by atoms with Crippen molar-refractivity contribution in [2.45, 2.75) is 13.3 Å². The molecule has 7 heavy (non-hydrogen) atoms. The molecular formula is C3H7ClOSTi. The summed E-state index contributed by atoms with van der Waals surface area (Å²) in [6, 6.07) is 0. The second-order valence-electron chi connectivity index (χ2n) is 1.01. The van der Waals surface area contributed by atoms with Gasteiger partial charge in [0.15, 0.2) is 0 Å². The molecule has 0 saturated heterocycles. The molecule has 0 heterocycles. The fourth-order valence-corrected chi connectivity index (χ4v) is 1.76. The molecule has 0 aromatic carbocycles. The molecule has 0 rings (SSSR count). The summed E-state index contributed by atoms with van der Waals surface area (Å²) in [4.78, 5) is 0. The summed E-state index contributed by atoms with van der Waals surface area (Å²) in [5.74, 6) is 0. The van der Waals surface area contributed by atoms with E-state index < -0.39 is 0 Å². The van der Waals surface area contributed by atoms with Crippen LogP contribution in [0.4, 0.5) is 0 Å². The summed E-state index contributed by atoms with van der Waals surface area (Å²) in [6.07, 6.45) is 1.10. The van der Waals surface area contributed by atoms with Crippen LogP contribution >= 0.6 is 19.2 Å². The van der Waals surface area contributed by atoms with E-state index >= 15 is 0 Å². The van der Waals surface area contributed by atoms with Gasteiger partial charge in [0.25, 0.3) is 0 Å². The quantitative estimate of drug-likeness (QED) is 0.477. The van der Waals surface area contributed by atoms with Gasteiger partial charge in [-0.05, 0) is 0 Å². The van der Waals surface area contributed by atoms with Gasteiger partial charge in [0.05, 0.1) is 0 Å². The Morgan fingerprint density at radius 3 is 3.00 bits per heavy atom. The Morgan fingerprint density at radius 2 is 2.57 bits per heavy atom. The van der Waals surface area contributed by atoms with Crippen LogP contribution in [0.2, 0.25) is 0 Å². The topological polar surface area (TPSA) is 9.23 Å². The molecule has 0 aliphatic carbocycles. The molecule has 0 aliphatic heterocycles. The van der Waals surface area contributed by atoms with Crippen molar-refractivity contribution in [2.24, 2.45) is 0 Å². The van der Waals surface area contributed by atoms with E-state index in [4.69, 9.17) is 14.0 Å². The molecule has 0 radical (unpaired) electrons. The third-order valence-electron chi connectivity index (χ3n) is 0.397. The van der Waals surface area contributed by atoms with Crippen molar-refractivity contribution in [3.05, 3.63) is 0 Å². The van der Waals surface area contributed by atoms with Crippen LogP contribution in [0.25, 0.3) is 0 Å². The van der Waals surface area contributed by atoms with Crippen LogP contribution in [0.15, 0.2) is 0 Å². The van der Waals surface area contributed by atoms with Crippen molar-refractivity contribution < 1.29 is 21.6 Å². The maximum atomic E-state index is 5.28. The second kappa shape index (κ2) is 7.31. The van der Waals surface area contributed by atoms with Crippen LogP contribution in [0.5, 0.6) is 0 Å². The zero-order chi connectivity index (χ0) is 5.54. The minimum atomic E-state index is -0.306. The number of rotatable bonds is 4. The second-order valence-corrected chi connectivity index (χ2v) is 5.19. The zero-order valence-electron chi connectivity index (χ0n) is 4.11. The Morgan fingerprint density at radius 1 is 1.86 bits per heavy atom. The van der Waals surface area contributed by atoms with Gasteiger partial charge in [-0.25, -0.2) is 0 Å². The molecule has 4 heteroatoms. The van der Waals surface area contributed by atoms with E-state index in [0.29, 0.717) is 0 Å². The van der Waals surface area contributed by atoms with Crippen LogP contribution in [0.3, 0.4) is 0 Å². The molecule has 0 amide bonds. The minimum absolute atomic E-state index is 0.306. The van der Waals surface area contributed by atoms with Gasteiger partial charge < -0.3 is 0 Å². The molecule has 0 unspecified atom stereocenters. The monoisotopic (exact) mass is 174 g/mol. The summed E-state index contributed by atoms with van der Waals surface area (Å²) in [6.45, 7) is 2.96. The Hall–Kier alpha value is 1.31. The van der Waals surface area contributed by atoms with E-state index in [9.17, 15) is 0 Å². The van der Waals surface area contributed by atoms with Gasteiger partial charge in [0.2, 0.25) is 0 Å². The zero-order valence-corrected chi connectivity index (χ0v) is 7.24. The van der Waals surface area contributed by atoms with E-state index in [2.05, 4.69) is 6.92 Å². The van der Waals surface area contributed by atoms with Crippen LogP contribution < -0.4 is 0 Å². The van der Waals surface area contributed by atoms with Crippen LogP contribution in [0.1, 0.15) is 13.3 Å². The molecule has 0 spiro atoms. The van der Waals surface area contributed by atoms with E-state index in [1.807, 2.05) is 0 Å². The Labute approximate surface area is 60.7 Å². The average Bonchev–Trinajstić information content (AvgIpc) is 1.69. The summed E-state index contributed by atoms with van der Waals surface area (Å²) < 4.78 is 5.09. The molecule has 42 valence electrons. The fourth-order valence-electron chi connectivity index (χ4n) is 0.166. The molecule has 0 aromatic heterocycles. The summed E-state index contributed by atoms with van der Waals surface area (Å²) in [5.41, 5.74) is 0. The summed E-state index contributed by atoms with van der Waals surface area (Å²) in [7, 11) is 6.60. The standard InChI is InChI=1S/C3H7O.ClS.Ti/c1-2-3-4;1-2;/h2-3H2,1H3;;/q2*-1;+2. The van der Waals surface area contributed by atoms with Gasteiger partial charge in [-0.3, -0.25) is 0 Å². The van der Waals surface area contributed by atoms with Gasteiger partial charge in [-0.15, -0.1) is 0 Å².